The number of aryl methyl sites for hydroxylation is 1. The van der Waals surface area contributed by atoms with Crippen LogP contribution in [0.15, 0.2) is 60.7 Å². The maximum atomic E-state index is 12.4. The zero-order valence-electron chi connectivity index (χ0n) is 11.6. The van der Waals surface area contributed by atoms with Crippen LogP contribution in [0.25, 0.3) is 10.8 Å². The van der Waals surface area contributed by atoms with Crippen LogP contribution in [0.2, 0.25) is 0 Å². The van der Waals surface area contributed by atoms with Crippen LogP contribution in [0, 0.1) is 6.92 Å². The first-order chi connectivity index (χ1) is 10.2. The van der Waals surface area contributed by atoms with Crippen LogP contribution in [0.4, 0.5) is 5.69 Å². The topological polar surface area (TPSA) is 49.3 Å². The van der Waals surface area contributed by atoms with Crippen molar-refractivity contribution in [1.29, 1.82) is 0 Å². The first kappa shape index (κ1) is 13.2. The lowest BCUT2D eigenvalue weighted by molar-refractivity contribution is 0.102. The van der Waals surface area contributed by atoms with E-state index in [4.69, 9.17) is 0 Å². The number of hydrogen-bond donors (Lipinski definition) is 2. The van der Waals surface area contributed by atoms with Gasteiger partial charge in [-0.1, -0.05) is 42.5 Å². The average molecular weight is 277 g/mol. The van der Waals surface area contributed by atoms with Crippen LogP contribution >= 0.6 is 0 Å². The number of rotatable bonds is 2. The molecule has 104 valence electrons. The van der Waals surface area contributed by atoms with Crippen molar-refractivity contribution < 1.29 is 9.90 Å². The second-order valence-electron chi connectivity index (χ2n) is 4.94. The number of nitrogens with one attached hydrogen (secondary N) is 1. The Bertz CT molecular complexity index is 810. The number of benzene rings is 3. The van der Waals surface area contributed by atoms with E-state index in [1.165, 1.54) is 0 Å². The van der Waals surface area contributed by atoms with Crippen LogP contribution in [-0.4, -0.2) is 11.0 Å². The summed E-state index contributed by atoms with van der Waals surface area (Å²) >= 11 is 0. The third-order valence-electron chi connectivity index (χ3n) is 3.55. The van der Waals surface area contributed by atoms with Gasteiger partial charge in [-0.05, 0) is 41.5 Å². The molecule has 0 aromatic heterocycles. The van der Waals surface area contributed by atoms with Gasteiger partial charge >= 0.3 is 0 Å². The minimum atomic E-state index is -0.312. The molecule has 3 nitrogen and oxygen atoms in total. The Morgan fingerprint density at radius 2 is 1.67 bits per heavy atom. The maximum Gasteiger partial charge on any atom is 0.259 e. The molecule has 0 bridgehead atoms. The fourth-order valence-corrected chi connectivity index (χ4v) is 2.41. The van der Waals surface area contributed by atoms with Crippen molar-refractivity contribution >= 4 is 22.4 Å². The van der Waals surface area contributed by atoms with Crippen molar-refractivity contribution in [1.82, 2.24) is 0 Å². The van der Waals surface area contributed by atoms with Gasteiger partial charge in [-0.2, -0.15) is 0 Å². The average Bonchev–Trinajstić information content (AvgIpc) is 2.52. The fraction of sp³-hybridized carbons (Fsp3) is 0.0556. The lowest BCUT2D eigenvalue weighted by atomic mass is 10.00. The van der Waals surface area contributed by atoms with Crippen molar-refractivity contribution in [3.8, 4) is 5.75 Å². The first-order valence-corrected chi connectivity index (χ1v) is 6.74. The van der Waals surface area contributed by atoms with E-state index in [9.17, 15) is 9.90 Å². The molecule has 0 fully saturated rings. The van der Waals surface area contributed by atoms with Crippen molar-refractivity contribution in [2.24, 2.45) is 0 Å². The molecule has 0 radical (unpaired) electrons. The number of fused-ring (bicyclic) bond motifs is 1. The van der Waals surface area contributed by atoms with Gasteiger partial charge in [0.25, 0.3) is 5.91 Å². The Morgan fingerprint density at radius 1 is 1.00 bits per heavy atom. The number of aromatic hydroxyl groups is 1. The zero-order chi connectivity index (χ0) is 14.8. The normalized spacial score (nSPS) is 10.5. The van der Waals surface area contributed by atoms with Crippen LogP contribution in [-0.2, 0) is 0 Å². The fourth-order valence-electron chi connectivity index (χ4n) is 2.41. The minimum absolute atomic E-state index is 0.0298. The highest BCUT2D eigenvalue weighted by Gasteiger charge is 2.15. The van der Waals surface area contributed by atoms with Crippen LogP contribution in [0.5, 0.6) is 5.75 Å². The highest BCUT2D eigenvalue weighted by atomic mass is 16.3. The molecule has 3 aromatic rings. The second-order valence-corrected chi connectivity index (χ2v) is 4.94. The van der Waals surface area contributed by atoms with Gasteiger partial charge in [-0.3, -0.25) is 4.79 Å². The Hall–Kier alpha value is -2.81. The monoisotopic (exact) mass is 277 g/mol. The summed E-state index contributed by atoms with van der Waals surface area (Å²) in [4.78, 5) is 12.4. The van der Waals surface area contributed by atoms with Gasteiger partial charge in [-0.15, -0.1) is 0 Å². The summed E-state index contributed by atoms with van der Waals surface area (Å²) in [5, 5.41) is 15.0. The lowest BCUT2D eigenvalue weighted by Gasteiger charge is -2.11. The van der Waals surface area contributed by atoms with E-state index >= 15 is 0 Å². The summed E-state index contributed by atoms with van der Waals surface area (Å²) in [6, 6.07) is 18.6. The van der Waals surface area contributed by atoms with Crippen LogP contribution < -0.4 is 5.32 Å². The first-order valence-electron chi connectivity index (χ1n) is 6.74. The quantitative estimate of drug-likeness (QED) is 0.740. The molecule has 3 rings (SSSR count). The van der Waals surface area contributed by atoms with E-state index in [0.29, 0.717) is 11.3 Å². The lowest BCUT2D eigenvalue weighted by Crippen LogP contribution is -2.12. The molecule has 0 saturated heterocycles. The Kier molecular flexibility index (Phi) is 3.32. The molecule has 0 atom stereocenters. The van der Waals surface area contributed by atoms with Gasteiger partial charge in [-0.25, -0.2) is 0 Å². The van der Waals surface area contributed by atoms with E-state index in [1.807, 2.05) is 61.5 Å². The SMILES string of the molecule is Cc1c(O)c(C(=O)Nc2ccccc2)cc2ccccc12. The predicted octanol–water partition coefficient (Wildman–Crippen LogP) is 4.11. The third-order valence-corrected chi connectivity index (χ3v) is 3.55. The smallest absolute Gasteiger partial charge is 0.259 e. The number of carbonyl (C=O) groups is 1. The summed E-state index contributed by atoms with van der Waals surface area (Å²) in [5.41, 5.74) is 1.70. The number of phenols is 1. The summed E-state index contributed by atoms with van der Waals surface area (Å²) in [6.07, 6.45) is 0. The molecule has 0 aliphatic rings. The van der Waals surface area contributed by atoms with E-state index in [1.54, 1.807) is 6.07 Å². The molecule has 0 aliphatic carbocycles. The van der Waals surface area contributed by atoms with E-state index < -0.39 is 0 Å². The van der Waals surface area contributed by atoms with Crippen LogP contribution in [0.1, 0.15) is 15.9 Å². The number of para-hydroxylation sites is 1. The molecule has 0 aliphatic heterocycles. The molecular formula is C18H15NO2. The molecule has 3 aromatic carbocycles. The number of phenolic OH excluding ortho intramolecular Hbond substituents is 1. The Balaban J connectivity index is 2.04. The number of hydrogen-bond acceptors (Lipinski definition) is 2. The van der Waals surface area contributed by atoms with Gasteiger partial charge in [0, 0.05) is 5.69 Å². The Morgan fingerprint density at radius 3 is 2.43 bits per heavy atom. The largest absolute Gasteiger partial charge is 0.507 e. The van der Waals surface area contributed by atoms with E-state index in [0.717, 1.165) is 10.8 Å². The van der Waals surface area contributed by atoms with Gasteiger partial charge in [0.15, 0.2) is 0 Å². The summed E-state index contributed by atoms with van der Waals surface area (Å²) in [5.74, 6) is -0.283. The molecule has 0 unspecified atom stereocenters. The van der Waals surface area contributed by atoms with E-state index in [-0.39, 0.29) is 17.2 Å². The van der Waals surface area contributed by atoms with Crippen molar-refractivity contribution in [3.05, 3.63) is 71.8 Å². The van der Waals surface area contributed by atoms with E-state index in [2.05, 4.69) is 5.32 Å². The van der Waals surface area contributed by atoms with Crippen molar-refractivity contribution in [2.75, 3.05) is 5.32 Å². The molecule has 21 heavy (non-hydrogen) atoms. The standard InChI is InChI=1S/C18H15NO2/c1-12-15-10-6-5-7-13(15)11-16(17(12)20)18(21)19-14-8-3-2-4-9-14/h2-11,20H,1H3,(H,19,21). The van der Waals surface area contributed by atoms with Gasteiger partial charge in [0.1, 0.15) is 5.75 Å². The van der Waals surface area contributed by atoms with Gasteiger partial charge in [0.05, 0.1) is 5.56 Å². The molecular weight excluding hydrogens is 262 g/mol. The molecule has 3 heteroatoms. The molecule has 0 heterocycles. The number of carbonyl (C=O) groups excluding carboxylic acids is 1. The molecule has 0 spiro atoms. The second kappa shape index (κ2) is 5.29. The van der Waals surface area contributed by atoms with Crippen molar-refractivity contribution in [3.63, 3.8) is 0 Å². The van der Waals surface area contributed by atoms with Gasteiger partial charge < -0.3 is 10.4 Å². The summed E-state index contributed by atoms with van der Waals surface area (Å²) < 4.78 is 0. The number of anilines is 1. The van der Waals surface area contributed by atoms with Crippen LogP contribution in [0.3, 0.4) is 0 Å². The molecule has 2 N–H and O–H groups in total. The Labute approximate surface area is 122 Å². The molecule has 1 amide bonds. The molecule has 0 saturated carbocycles. The third kappa shape index (κ3) is 2.46. The van der Waals surface area contributed by atoms with Crippen molar-refractivity contribution in [2.45, 2.75) is 6.92 Å². The zero-order valence-corrected chi connectivity index (χ0v) is 11.6. The maximum absolute atomic E-state index is 12.4. The summed E-state index contributed by atoms with van der Waals surface area (Å²) in [6.45, 7) is 1.82. The highest BCUT2D eigenvalue weighted by Crippen LogP contribution is 2.31. The number of amides is 1. The predicted molar refractivity (Wildman–Crippen MR) is 84.7 cm³/mol. The minimum Gasteiger partial charge on any atom is -0.507 e. The highest BCUT2D eigenvalue weighted by molar-refractivity contribution is 6.09. The van der Waals surface area contributed by atoms with Gasteiger partial charge in [0.2, 0.25) is 0 Å². The summed E-state index contributed by atoms with van der Waals surface area (Å²) in [7, 11) is 0.